The fraction of sp³-hybridized carbons (Fsp3) is 0.750. The third-order valence-electron chi connectivity index (χ3n) is 1.26. The Morgan fingerprint density at radius 3 is 2.80 bits per heavy atom. The van der Waals surface area contributed by atoms with Gasteiger partial charge in [-0.25, -0.2) is 5.73 Å². The number of hydrogen-bond acceptors (Lipinski definition) is 1. The summed E-state index contributed by atoms with van der Waals surface area (Å²) in [5.41, 5.74) is 7.12. The van der Waals surface area contributed by atoms with Crippen molar-refractivity contribution < 1.29 is 4.74 Å². The molecule has 0 saturated heterocycles. The van der Waals surface area contributed by atoms with Gasteiger partial charge in [-0.3, -0.25) is 0 Å². The van der Waals surface area contributed by atoms with E-state index in [4.69, 9.17) is 10.5 Å². The molecule has 0 fully saturated rings. The first-order valence-corrected chi connectivity index (χ1v) is 3.76. The molecule has 1 atom stereocenters. The summed E-state index contributed by atoms with van der Waals surface area (Å²) in [6.45, 7) is 6.28. The maximum Gasteiger partial charge on any atom is 0.139 e. The quantitative estimate of drug-likeness (QED) is 0.412. The summed E-state index contributed by atoms with van der Waals surface area (Å²) < 4.78 is 5.04. The molecule has 0 aromatic carbocycles. The van der Waals surface area contributed by atoms with Crippen LogP contribution in [0.2, 0.25) is 0 Å². The van der Waals surface area contributed by atoms with Gasteiger partial charge in [0.1, 0.15) is 6.23 Å². The van der Waals surface area contributed by atoms with Crippen LogP contribution in [0.1, 0.15) is 26.2 Å². The predicted octanol–water partition coefficient (Wildman–Crippen LogP) is 1.99. The molecule has 1 N–H and O–H groups in total. The Morgan fingerprint density at radius 2 is 2.30 bits per heavy atom. The lowest BCUT2D eigenvalue weighted by atomic mass is 10.3. The van der Waals surface area contributed by atoms with E-state index in [0.717, 1.165) is 6.42 Å². The van der Waals surface area contributed by atoms with Crippen molar-refractivity contribution in [1.82, 2.24) is 5.73 Å². The molecule has 0 rings (SSSR count). The van der Waals surface area contributed by atoms with Gasteiger partial charge in [0.2, 0.25) is 0 Å². The molecule has 1 radical (unpaired) electrons. The molecule has 10 heavy (non-hydrogen) atoms. The van der Waals surface area contributed by atoms with Crippen molar-refractivity contribution in [2.24, 2.45) is 0 Å². The van der Waals surface area contributed by atoms with E-state index in [2.05, 4.69) is 13.5 Å². The number of ether oxygens (including phenoxy) is 1. The standard InChI is InChI=1S/C8H16NO/c1-3-5-6-7-10-8(9)4-2/h4,8-9H,2-3,5-7H2,1H3. The summed E-state index contributed by atoms with van der Waals surface area (Å²) in [5.74, 6) is 0. The van der Waals surface area contributed by atoms with Crippen LogP contribution in [0.25, 0.3) is 0 Å². The average Bonchev–Trinajstić information content (AvgIpc) is 1.98. The molecule has 0 aromatic rings. The normalized spacial score (nSPS) is 13.0. The lowest BCUT2D eigenvalue weighted by molar-refractivity contribution is 0.0819. The number of nitrogens with one attached hydrogen (secondary N) is 1. The minimum Gasteiger partial charge on any atom is -0.358 e. The fourth-order valence-corrected chi connectivity index (χ4v) is 0.630. The molecule has 1 unspecified atom stereocenters. The first-order chi connectivity index (χ1) is 4.81. The van der Waals surface area contributed by atoms with E-state index >= 15 is 0 Å². The minimum absolute atomic E-state index is 0.531. The second kappa shape index (κ2) is 6.78. The zero-order chi connectivity index (χ0) is 7.82. The summed E-state index contributed by atoms with van der Waals surface area (Å²) in [7, 11) is 0. The largest absolute Gasteiger partial charge is 0.358 e. The molecule has 0 aliphatic carbocycles. The van der Waals surface area contributed by atoms with E-state index in [0.29, 0.717) is 6.61 Å². The lowest BCUT2D eigenvalue weighted by Gasteiger charge is -2.05. The molecule has 0 amide bonds. The van der Waals surface area contributed by atoms with Gasteiger partial charge in [-0.05, 0) is 12.5 Å². The van der Waals surface area contributed by atoms with Crippen LogP contribution in [0.5, 0.6) is 0 Å². The number of rotatable bonds is 6. The molecular weight excluding hydrogens is 126 g/mol. The summed E-state index contributed by atoms with van der Waals surface area (Å²) >= 11 is 0. The molecule has 0 saturated carbocycles. The maximum absolute atomic E-state index is 7.12. The van der Waals surface area contributed by atoms with Crippen molar-refractivity contribution in [1.29, 1.82) is 0 Å². The minimum atomic E-state index is -0.531. The molecule has 2 nitrogen and oxygen atoms in total. The van der Waals surface area contributed by atoms with Gasteiger partial charge in [-0.2, -0.15) is 0 Å². The Morgan fingerprint density at radius 1 is 1.60 bits per heavy atom. The van der Waals surface area contributed by atoms with E-state index in [-0.39, 0.29) is 0 Å². The van der Waals surface area contributed by atoms with E-state index < -0.39 is 6.23 Å². The number of hydrogen-bond donors (Lipinski definition) is 0. The van der Waals surface area contributed by atoms with Crippen LogP contribution in [-0.2, 0) is 4.74 Å². The van der Waals surface area contributed by atoms with Crippen LogP contribution < -0.4 is 5.73 Å². The van der Waals surface area contributed by atoms with E-state index in [1.165, 1.54) is 18.9 Å². The van der Waals surface area contributed by atoms with Crippen molar-refractivity contribution in [2.75, 3.05) is 6.61 Å². The highest BCUT2D eigenvalue weighted by molar-refractivity contribution is 4.72. The summed E-state index contributed by atoms with van der Waals surface area (Å²) in [5, 5.41) is 0. The first kappa shape index (κ1) is 9.66. The van der Waals surface area contributed by atoms with Gasteiger partial charge >= 0.3 is 0 Å². The van der Waals surface area contributed by atoms with Crippen LogP contribution in [0.4, 0.5) is 0 Å². The van der Waals surface area contributed by atoms with Crippen LogP contribution in [0.3, 0.4) is 0 Å². The Balaban J connectivity index is 2.95. The van der Waals surface area contributed by atoms with Crippen molar-refractivity contribution in [3.63, 3.8) is 0 Å². The van der Waals surface area contributed by atoms with E-state index in [9.17, 15) is 0 Å². The molecular formula is C8H16NO. The van der Waals surface area contributed by atoms with Crippen LogP contribution >= 0.6 is 0 Å². The van der Waals surface area contributed by atoms with Crippen LogP contribution in [0, 0.1) is 0 Å². The highest BCUT2D eigenvalue weighted by atomic mass is 16.5. The molecule has 0 bridgehead atoms. The third kappa shape index (κ3) is 5.79. The molecule has 0 spiro atoms. The molecule has 0 aromatic heterocycles. The summed E-state index contributed by atoms with van der Waals surface area (Å²) in [4.78, 5) is 0. The summed E-state index contributed by atoms with van der Waals surface area (Å²) in [6, 6.07) is 0. The third-order valence-corrected chi connectivity index (χ3v) is 1.26. The van der Waals surface area contributed by atoms with E-state index in [1.807, 2.05) is 0 Å². The van der Waals surface area contributed by atoms with Crippen LogP contribution in [0.15, 0.2) is 12.7 Å². The van der Waals surface area contributed by atoms with Gasteiger partial charge in [-0.15, -0.1) is 0 Å². The Hall–Kier alpha value is -0.340. The molecule has 2 heteroatoms. The molecule has 59 valence electrons. The Bertz CT molecular complexity index is 83.3. The Kier molecular flexibility index (Phi) is 6.55. The first-order valence-electron chi connectivity index (χ1n) is 3.76. The fourth-order valence-electron chi connectivity index (χ4n) is 0.630. The zero-order valence-electron chi connectivity index (χ0n) is 6.60. The van der Waals surface area contributed by atoms with Crippen molar-refractivity contribution in [3.8, 4) is 0 Å². The highest BCUT2D eigenvalue weighted by Crippen LogP contribution is 1.95. The number of unbranched alkanes of at least 4 members (excludes halogenated alkanes) is 2. The van der Waals surface area contributed by atoms with Crippen molar-refractivity contribution in [2.45, 2.75) is 32.4 Å². The molecule has 0 aliphatic rings. The Labute approximate surface area is 63.1 Å². The van der Waals surface area contributed by atoms with Gasteiger partial charge in [0.05, 0.1) is 0 Å². The maximum atomic E-state index is 7.12. The summed E-state index contributed by atoms with van der Waals surface area (Å²) in [6.07, 6.45) is 4.40. The van der Waals surface area contributed by atoms with E-state index in [1.54, 1.807) is 0 Å². The average molecular weight is 142 g/mol. The highest BCUT2D eigenvalue weighted by Gasteiger charge is 1.94. The van der Waals surface area contributed by atoms with Crippen molar-refractivity contribution in [3.05, 3.63) is 12.7 Å². The van der Waals surface area contributed by atoms with Gasteiger partial charge in [-0.1, -0.05) is 26.3 Å². The molecule has 0 heterocycles. The van der Waals surface area contributed by atoms with Gasteiger partial charge < -0.3 is 4.74 Å². The van der Waals surface area contributed by atoms with Gasteiger partial charge in [0.15, 0.2) is 0 Å². The monoisotopic (exact) mass is 142 g/mol. The van der Waals surface area contributed by atoms with Gasteiger partial charge in [0.25, 0.3) is 0 Å². The SMILES string of the molecule is C=CC([NH])OCCCCC. The lowest BCUT2D eigenvalue weighted by Crippen LogP contribution is -2.10. The predicted molar refractivity (Wildman–Crippen MR) is 42.6 cm³/mol. The zero-order valence-corrected chi connectivity index (χ0v) is 6.60. The van der Waals surface area contributed by atoms with Crippen LogP contribution in [-0.4, -0.2) is 12.8 Å². The topological polar surface area (TPSA) is 33.0 Å². The van der Waals surface area contributed by atoms with Crippen molar-refractivity contribution >= 4 is 0 Å². The molecule has 0 aliphatic heterocycles. The second-order valence-electron chi connectivity index (χ2n) is 2.23. The van der Waals surface area contributed by atoms with Gasteiger partial charge in [0, 0.05) is 6.61 Å². The smallest absolute Gasteiger partial charge is 0.139 e. The second-order valence-corrected chi connectivity index (χ2v) is 2.23.